The summed E-state index contributed by atoms with van der Waals surface area (Å²) in [6.45, 7) is 9.63. The van der Waals surface area contributed by atoms with Crippen molar-refractivity contribution in [3.63, 3.8) is 0 Å². The van der Waals surface area contributed by atoms with E-state index in [2.05, 4.69) is 53.2 Å². The van der Waals surface area contributed by atoms with Crippen LogP contribution >= 0.6 is 23.2 Å². The number of halogens is 2. The highest BCUT2D eigenvalue weighted by Gasteiger charge is 2.47. The van der Waals surface area contributed by atoms with E-state index in [1.54, 1.807) is 20.8 Å². The minimum atomic E-state index is -2.36. The molecular formula is C71H86Cl2N10O22. The van der Waals surface area contributed by atoms with Crippen molar-refractivity contribution >= 4 is 76.5 Å². The lowest BCUT2D eigenvalue weighted by Gasteiger charge is -2.39. The van der Waals surface area contributed by atoms with Crippen molar-refractivity contribution in [1.82, 2.24) is 53.2 Å². The first-order valence-electron chi connectivity index (χ1n) is 33.9. The third kappa shape index (κ3) is 18.9. The molecule has 0 aliphatic carbocycles. The smallest absolute Gasteiger partial charge is 0.321 e. The Labute approximate surface area is 612 Å². The Kier molecular flexibility index (Phi) is 25.8. The van der Waals surface area contributed by atoms with Crippen LogP contribution in [-0.2, 0) is 43.1 Å². The Morgan fingerprint density at radius 2 is 1.26 bits per heavy atom. The standard InChI is InChI=1S/C71H86Cl2N10O22/c1-8-9-10-11-12-19-75-70(101)77-49(88)28-41-63(95)78-52-34-24-46(102-44-17-14-32(22-38(44)72)56(89)54(66(98)76-41)81-62(94)40(74-7)20-30(2)3)61(105-69-60(93)59(92)58(91)48(29-84)104-69)47(25-34)103-45-18-15-33(23-39(45)73)57(90)55-67(99)80-53(68(100)83-71(4,5)6)37-26-35(85)27-43(87)50(37)36-21-31(13-16-42(36)86)51(64(96)82-55)79-65(52)97/h13-18,21-27,30,40-41,48,51-60,69,74,84-87,89-93H,8-12,19-20,28-29H2,1-7H3,(H,76,98)(H,78,95)(H,79,97)(H,80,99)(H,81,94)(H,82,96)(H,83,100)(H2,75,77,88,101)/t40-,41?,48-,51-,52?,53-,54?,55+,56-,57-,58-,59+,60-,69-/m1/s1. The topological polar surface area (TPSA) is 493 Å². The minimum absolute atomic E-state index is 0.110. The largest absolute Gasteiger partial charge is 0.508 e. The number of imide groups is 1. The number of ether oxygens (including phenoxy) is 4. The lowest BCUT2D eigenvalue weighted by atomic mass is 9.89. The zero-order valence-electron chi connectivity index (χ0n) is 58.1. The number of phenolic OH excluding ortho intramolecular Hbond substituents is 3. The number of aliphatic hydroxyl groups is 6. The van der Waals surface area contributed by atoms with E-state index in [0.29, 0.717) is 6.42 Å². The van der Waals surface area contributed by atoms with Gasteiger partial charge in [-0.25, -0.2) is 4.79 Å². The van der Waals surface area contributed by atoms with E-state index in [1.165, 1.54) is 25.2 Å². The van der Waals surface area contributed by atoms with Crippen LogP contribution in [0.4, 0.5) is 4.79 Å². The molecule has 1 saturated heterocycles. The number of likely N-dealkylation sites (N-methyl/N-ethyl adjacent to an activating group) is 1. The average Bonchev–Trinajstić information content (AvgIpc) is 0.765. The predicted molar refractivity (Wildman–Crippen MR) is 374 cm³/mol. The molecule has 6 heterocycles. The number of hydrogen-bond acceptors (Lipinski definition) is 23. The molecule has 0 saturated carbocycles. The number of carbonyl (C=O) groups excluding carboxylic acids is 9. The number of aromatic hydroxyl groups is 3. The van der Waals surface area contributed by atoms with Gasteiger partial charge in [0.2, 0.25) is 59.3 Å². The van der Waals surface area contributed by atoms with Crippen LogP contribution in [0.1, 0.15) is 145 Å². The maximum atomic E-state index is 16.2. The van der Waals surface area contributed by atoms with Crippen molar-refractivity contribution in [2.45, 2.75) is 177 Å². The van der Waals surface area contributed by atoms with E-state index in [4.69, 9.17) is 42.1 Å². The SMILES string of the molecule is CCCCCCCNC(=O)NC(=O)CC1NC(=O)C(NC(=O)[C@@H](CC(C)C)NC)[C@H](O)c2ccc(c(Cl)c2)Oc2cc3cc(c2O[C@H]2O[C@H](CO)[C@@H](O)[C@H](O)[C@H]2O)Oc2ccc(cc2Cl)[C@@H](O)[C@@H]2NC(=O)[C@H](NC(=O)C3NC1=O)c1ccc(O)c(c1)-c1c(O)cc(O)cc1[C@H](C(=O)NC(C)(C)C)NC2=O. The first-order chi connectivity index (χ1) is 49.7. The second-order valence-corrected chi connectivity index (χ2v) is 28.1. The van der Waals surface area contributed by atoms with Crippen molar-refractivity contribution in [2.75, 3.05) is 20.2 Å². The molecular weight excluding hydrogens is 1420 g/mol. The highest BCUT2D eigenvalue weighted by atomic mass is 35.5. The zero-order valence-corrected chi connectivity index (χ0v) is 59.6. The van der Waals surface area contributed by atoms with Crippen molar-refractivity contribution in [1.29, 1.82) is 0 Å². The quantitative estimate of drug-likeness (QED) is 0.0595. The second kappa shape index (κ2) is 34.1. The Morgan fingerprint density at radius 3 is 1.87 bits per heavy atom. The summed E-state index contributed by atoms with van der Waals surface area (Å²) < 4.78 is 25.2. The molecule has 1 fully saturated rings. The van der Waals surface area contributed by atoms with Crippen LogP contribution in [0.2, 0.25) is 10.0 Å². The first kappa shape index (κ1) is 79.5. The molecule has 32 nitrogen and oxygen atoms in total. The average molecular weight is 1500 g/mol. The van der Waals surface area contributed by atoms with Gasteiger partial charge in [0.05, 0.1) is 29.1 Å². The molecule has 10 amide bonds. The van der Waals surface area contributed by atoms with Gasteiger partial charge in [-0.2, -0.15) is 0 Å². The summed E-state index contributed by atoms with van der Waals surface area (Å²) in [5.74, 6) is -14.8. The third-order valence-corrected chi connectivity index (χ3v) is 18.3. The molecule has 6 aliphatic heterocycles. The molecule has 0 spiro atoms. The third-order valence-electron chi connectivity index (χ3n) is 17.7. The lowest BCUT2D eigenvalue weighted by molar-refractivity contribution is -0.277. The van der Waals surface area contributed by atoms with E-state index < -0.39 is 208 Å². The molecule has 14 atom stereocenters. The van der Waals surface area contributed by atoms with E-state index >= 15 is 24.0 Å². The fraction of sp³-hybridized carbons (Fsp3) is 0.451. The van der Waals surface area contributed by atoms with Gasteiger partial charge in [0, 0.05) is 29.3 Å². The number of amides is 10. The van der Waals surface area contributed by atoms with E-state index in [9.17, 15) is 65.1 Å². The van der Waals surface area contributed by atoms with Crippen molar-refractivity contribution in [3.8, 4) is 57.1 Å². The summed E-state index contributed by atoms with van der Waals surface area (Å²) in [6.07, 6.45) is -11.1. The molecule has 5 aromatic rings. The minimum Gasteiger partial charge on any atom is -0.508 e. The number of phenols is 3. The maximum Gasteiger partial charge on any atom is 0.321 e. The van der Waals surface area contributed by atoms with Gasteiger partial charge in [-0.1, -0.05) is 87.9 Å². The zero-order chi connectivity index (χ0) is 76.6. The van der Waals surface area contributed by atoms with E-state index in [0.717, 1.165) is 86.3 Å². The maximum absolute atomic E-state index is 16.2. The molecule has 6 aliphatic rings. The van der Waals surface area contributed by atoms with Crippen molar-refractivity contribution < 1.29 is 108 Å². The Hall–Kier alpha value is -9.61. The fourth-order valence-electron chi connectivity index (χ4n) is 12.3. The molecule has 0 radical (unpaired) electrons. The molecule has 5 aromatic carbocycles. The van der Waals surface area contributed by atoms with Crippen LogP contribution in [-0.4, -0.2) is 180 Å². The van der Waals surface area contributed by atoms with E-state index in [-0.39, 0.29) is 63.2 Å². The summed E-state index contributed by atoms with van der Waals surface area (Å²) >= 11 is 14.1. The lowest BCUT2D eigenvalue weighted by Crippen LogP contribution is -2.60. The number of hydrogen-bond donors (Lipinski definition) is 19. The summed E-state index contributed by atoms with van der Waals surface area (Å²) in [7, 11) is 1.47. The number of nitrogens with one attached hydrogen (secondary N) is 10. The molecule has 3 unspecified atom stereocenters. The highest BCUT2D eigenvalue weighted by Crippen LogP contribution is 2.49. The molecule has 19 N–H and O–H groups in total. The van der Waals surface area contributed by atoms with Gasteiger partial charge in [-0.15, -0.1) is 0 Å². The van der Waals surface area contributed by atoms with Crippen molar-refractivity contribution in [2.24, 2.45) is 5.92 Å². The molecule has 0 aromatic heterocycles. The molecule has 34 heteroatoms. The van der Waals surface area contributed by atoms with Crippen LogP contribution in [0.3, 0.4) is 0 Å². The monoisotopic (exact) mass is 1500 g/mol. The Morgan fingerprint density at radius 1 is 0.648 bits per heavy atom. The number of aliphatic hydroxyl groups excluding tert-OH is 6. The van der Waals surface area contributed by atoms with Gasteiger partial charge in [-0.3, -0.25) is 43.7 Å². The number of rotatable bonds is 17. The molecule has 11 bridgehead atoms. The van der Waals surface area contributed by atoms with Gasteiger partial charge in [-0.05, 0) is 129 Å². The number of carbonyl (C=O) groups is 9. The highest BCUT2D eigenvalue weighted by molar-refractivity contribution is 6.32. The Bertz CT molecular complexity index is 4120. The van der Waals surface area contributed by atoms with Gasteiger partial charge in [0.1, 0.15) is 102 Å². The van der Waals surface area contributed by atoms with Crippen LogP contribution in [0.25, 0.3) is 11.1 Å². The summed E-state index contributed by atoms with van der Waals surface area (Å²) in [5.41, 5.74) is -3.40. The van der Waals surface area contributed by atoms with Gasteiger partial charge < -0.3 is 113 Å². The van der Waals surface area contributed by atoms with Crippen LogP contribution in [0, 0.1) is 5.92 Å². The first-order valence-corrected chi connectivity index (χ1v) is 34.7. The summed E-state index contributed by atoms with van der Waals surface area (Å²) in [5, 5.41) is 128. The van der Waals surface area contributed by atoms with E-state index in [1.807, 2.05) is 20.8 Å². The normalized spacial score (nSPS) is 24.4. The van der Waals surface area contributed by atoms with Gasteiger partial charge >= 0.3 is 6.03 Å². The molecule has 105 heavy (non-hydrogen) atoms. The summed E-state index contributed by atoms with van der Waals surface area (Å²) in [6, 6.07) is -0.988. The molecule has 566 valence electrons. The van der Waals surface area contributed by atoms with Crippen LogP contribution in [0.5, 0.6) is 46.0 Å². The number of fused-ring (bicyclic) bond motifs is 15. The number of urea groups is 1. The summed E-state index contributed by atoms with van der Waals surface area (Å²) in [4.78, 5) is 134. The fourth-order valence-corrected chi connectivity index (χ4v) is 12.8. The number of unbranched alkanes of at least 4 members (excludes halogenated alkanes) is 4. The number of benzene rings is 5. The Balaban J connectivity index is 1.31. The van der Waals surface area contributed by atoms with Crippen molar-refractivity contribution in [3.05, 3.63) is 117 Å². The van der Waals surface area contributed by atoms with Gasteiger partial charge in [0.25, 0.3) is 0 Å². The molecule has 11 rings (SSSR count). The van der Waals surface area contributed by atoms with Crippen LogP contribution < -0.4 is 67.4 Å². The van der Waals surface area contributed by atoms with Crippen LogP contribution in [0.15, 0.2) is 78.9 Å². The second-order valence-electron chi connectivity index (χ2n) is 27.3. The predicted octanol–water partition coefficient (Wildman–Crippen LogP) is 3.01. The van der Waals surface area contributed by atoms with Gasteiger partial charge in [0.15, 0.2) is 11.5 Å².